The van der Waals surface area contributed by atoms with Crippen LogP contribution in [0.5, 0.6) is 5.88 Å². The highest BCUT2D eigenvalue weighted by molar-refractivity contribution is 6.33. The van der Waals surface area contributed by atoms with Crippen LogP contribution in [0, 0.1) is 6.92 Å². The average molecular weight is 231 g/mol. The molecule has 0 aliphatic heterocycles. The van der Waals surface area contributed by atoms with Crippen molar-refractivity contribution in [3.63, 3.8) is 0 Å². The third-order valence-electron chi connectivity index (χ3n) is 1.98. The lowest BCUT2D eigenvalue weighted by Gasteiger charge is -2.18. The molecule has 0 radical (unpaired) electrons. The highest BCUT2D eigenvalue weighted by Gasteiger charge is 2.36. The molecule has 1 unspecified atom stereocenters. The maximum Gasteiger partial charge on any atom is 0.329 e. The van der Waals surface area contributed by atoms with E-state index in [0.717, 1.165) is 0 Å². The molecule has 1 heterocycles. The Bertz CT molecular complexity index is 393. The number of nitrogens with zero attached hydrogens (tertiary/aromatic N) is 2. The maximum absolute atomic E-state index is 10.9. The topological polar surface area (TPSA) is 72.3 Å². The number of hydrogen-bond acceptors (Lipinski definition) is 4. The standard InChI is InChI=1S/C9H11ClN2O3/c1-5-11-4-6(7(12-5)15-3)9(2,10)8(13)14/h4H,1-3H3,(H,13,14). The Hall–Kier alpha value is -1.36. The minimum atomic E-state index is -1.58. The second-order valence-electron chi connectivity index (χ2n) is 3.15. The van der Waals surface area contributed by atoms with Gasteiger partial charge in [-0.2, -0.15) is 4.98 Å². The van der Waals surface area contributed by atoms with Crippen molar-refractivity contribution in [3.05, 3.63) is 17.6 Å². The lowest BCUT2D eigenvalue weighted by molar-refractivity contribution is -0.140. The number of methoxy groups -OCH3 is 1. The van der Waals surface area contributed by atoms with Crippen molar-refractivity contribution in [1.29, 1.82) is 0 Å². The Morgan fingerprint density at radius 2 is 2.27 bits per heavy atom. The van der Waals surface area contributed by atoms with Gasteiger partial charge in [-0.1, -0.05) is 0 Å². The van der Waals surface area contributed by atoms with Crippen LogP contribution in [0.15, 0.2) is 6.20 Å². The van der Waals surface area contributed by atoms with Crippen molar-refractivity contribution in [2.45, 2.75) is 18.7 Å². The molecule has 0 fully saturated rings. The Balaban J connectivity index is 3.31. The number of aryl methyl sites for hydroxylation is 1. The van der Waals surface area contributed by atoms with E-state index in [0.29, 0.717) is 5.82 Å². The molecule has 1 rings (SSSR count). The SMILES string of the molecule is COc1nc(C)ncc1C(C)(Cl)C(=O)O. The van der Waals surface area contributed by atoms with Crippen LogP contribution in [-0.2, 0) is 9.67 Å². The number of carboxylic acid groups (broad SMARTS) is 1. The van der Waals surface area contributed by atoms with Gasteiger partial charge in [0.1, 0.15) is 5.82 Å². The molecular weight excluding hydrogens is 220 g/mol. The fourth-order valence-electron chi connectivity index (χ4n) is 1.04. The van der Waals surface area contributed by atoms with Crippen molar-refractivity contribution < 1.29 is 14.6 Å². The van der Waals surface area contributed by atoms with E-state index >= 15 is 0 Å². The van der Waals surface area contributed by atoms with Crippen molar-refractivity contribution >= 4 is 17.6 Å². The second-order valence-corrected chi connectivity index (χ2v) is 3.90. The molecule has 0 aliphatic rings. The fourth-order valence-corrected chi connectivity index (χ4v) is 1.17. The number of hydrogen-bond donors (Lipinski definition) is 1. The minimum Gasteiger partial charge on any atom is -0.481 e. The molecule has 0 aromatic carbocycles. The first-order chi connectivity index (χ1) is 6.89. The van der Waals surface area contributed by atoms with Gasteiger partial charge >= 0.3 is 5.97 Å². The molecule has 1 atom stereocenters. The lowest BCUT2D eigenvalue weighted by atomic mass is 10.0. The van der Waals surface area contributed by atoms with E-state index in [1.165, 1.54) is 20.2 Å². The fraction of sp³-hybridized carbons (Fsp3) is 0.444. The molecule has 5 nitrogen and oxygen atoms in total. The van der Waals surface area contributed by atoms with Crippen LogP contribution in [-0.4, -0.2) is 28.2 Å². The van der Waals surface area contributed by atoms with Gasteiger partial charge < -0.3 is 9.84 Å². The van der Waals surface area contributed by atoms with E-state index in [9.17, 15) is 4.79 Å². The summed E-state index contributed by atoms with van der Waals surface area (Å²) in [6.07, 6.45) is 1.36. The van der Waals surface area contributed by atoms with Gasteiger partial charge in [-0.05, 0) is 13.8 Å². The Morgan fingerprint density at radius 1 is 1.67 bits per heavy atom. The van der Waals surface area contributed by atoms with Gasteiger partial charge in [-0.25, -0.2) is 9.78 Å². The Morgan fingerprint density at radius 3 is 2.73 bits per heavy atom. The maximum atomic E-state index is 10.9. The van der Waals surface area contributed by atoms with Crippen molar-refractivity contribution in [1.82, 2.24) is 9.97 Å². The summed E-state index contributed by atoms with van der Waals surface area (Å²) in [6, 6.07) is 0. The van der Waals surface area contributed by atoms with Crippen molar-refractivity contribution in [2.75, 3.05) is 7.11 Å². The lowest BCUT2D eigenvalue weighted by Crippen LogP contribution is -2.27. The van der Waals surface area contributed by atoms with E-state index < -0.39 is 10.8 Å². The summed E-state index contributed by atoms with van der Waals surface area (Å²) in [5.74, 6) is -0.495. The van der Waals surface area contributed by atoms with E-state index in [4.69, 9.17) is 21.4 Å². The molecule has 0 aliphatic carbocycles. The number of carboxylic acids is 1. The Kier molecular flexibility index (Phi) is 3.14. The molecule has 82 valence electrons. The molecule has 1 aromatic rings. The summed E-state index contributed by atoms with van der Waals surface area (Å²) in [5, 5.41) is 8.94. The van der Waals surface area contributed by atoms with Crippen LogP contribution in [0.2, 0.25) is 0 Å². The molecule has 1 N–H and O–H groups in total. The zero-order valence-corrected chi connectivity index (χ0v) is 9.37. The number of halogens is 1. The van der Waals surface area contributed by atoms with Gasteiger partial charge in [0, 0.05) is 6.20 Å². The normalized spacial score (nSPS) is 14.4. The van der Waals surface area contributed by atoms with Crippen LogP contribution in [0.25, 0.3) is 0 Å². The highest BCUT2D eigenvalue weighted by atomic mass is 35.5. The van der Waals surface area contributed by atoms with Crippen LogP contribution in [0.4, 0.5) is 0 Å². The Labute approximate surface area is 92.1 Å². The summed E-state index contributed by atoms with van der Waals surface area (Å²) in [7, 11) is 1.40. The van der Waals surface area contributed by atoms with Gasteiger partial charge in [0.05, 0.1) is 12.7 Å². The van der Waals surface area contributed by atoms with E-state index in [-0.39, 0.29) is 11.4 Å². The first-order valence-corrected chi connectivity index (χ1v) is 4.57. The zero-order chi connectivity index (χ0) is 11.6. The number of rotatable bonds is 3. The third-order valence-corrected chi connectivity index (χ3v) is 2.34. The third kappa shape index (κ3) is 2.18. The van der Waals surface area contributed by atoms with E-state index in [1.807, 2.05) is 0 Å². The number of alkyl halides is 1. The van der Waals surface area contributed by atoms with Crippen molar-refractivity contribution in [2.24, 2.45) is 0 Å². The summed E-state index contributed by atoms with van der Waals surface area (Å²) >= 11 is 5.87. The van der Waals surface area contributed by atoms with Crippen LogP contribution < -0.4 is 4.74 Å². The van der Waals surface area contributed by atoms with E-state index in [2.05, 4.69) is 9.97 Å². The summed E-state index contributed by atoms with van der Waals surface area (Å²) in [6.45, 7) is 3.03. The number of ether oxygens (including phenoxy) is 1. The second kappa shape index (κ2) is 4.02. The van der Waals surface area contributed by atoms with Gasteiger partial charge in [-0.15, -0.1) is 11.6 Å². The average Bonchev–Trinajstić information content (AvgIpc) is 2.16. The molecule has 0 bridgehead atoms. The molecule has 0 amide bonds. The number of aromatic nitrogens is 2. The predicted molar refractivity (Wildman–Crippen MR) is 54.2 cm³/mol. The van der Waals surface area contributed by atoms with Crippen LogP contribution in [0.3, 0.4) is 0 Å². The molecule has 15 heavy (non-hydrogen) atoms. The van der Waals surface area contributed by atoms with Gasteiger partial charge in [-0.3, -0.25) is 0 Å². The molecular formula is C9H11ClN2O3. The summed E-state index contributed by atoms with van der Waals surface area (Å²) in [5.41, 5.74) is 0.241. The molecule has 0 saturated carbocycles. The largest absolute Gasteiger partial charge is 0.481 e. The van der Waals surface area contributed by atoms with Crippen LogP contribution in [0.1, 0.15) is 18.3 Å². The quantitative estimate of drug-likeness (QED) is 0.794. The molecule has 0 saturated heterocycles. The summed E-state index contributed by atoms with van der Waals surface area (Å²) in [4.78, 5) is 17.2. The molecule has 1 aromatic heterocycles. The monoisotopic (exact) mass is 230 g/mol. The predicted octanol–water partition coefficient (Wildman–Crippen LogP) is 1.33. The van der Waals surface area contributed by atoms with Crippen molar-refractivity contribution in [3.8, 4) is 5.88 Å². The van der Waals surface area contributed by atoms with Gasteiger partial charge in [0.15, 0.2) is 4.87 Å². The van der Waals surface area contributed by atoms with Gasteiger partial charge in [0.2, 0.25) is 5.88 Å². The van der Waals surface area contributed by atoms with Gasteiger partial charge in [0.25, 0.3) is 0 Å². The molecule has 0 spiro atoms. The number of carbonyl (C=O) groups is 1. The van der Waals surface area contributed by atoms with E-state index in [1.54, 1.807) is 6.92 Å². The smallest absolute Gasteiger partial charge is 0.329 e. The summed E-state index contributed by atoms with van der Waals surface area (Å²) < 4.78 is 4.96. The highest BCUT2D eigenvalue weighted by Crippen LogP contribution is 2.33. The first-order valence-electron chi connectivity index (χ1n) is 4.20. The first kappa shape index (κ1) is 11.7. The zero-order valence-electron chi connectivity index (χ0n) is 8.61. The minimum absolute atomic E-state index is 0.183. The van der Waals surface area contributed by atoms with Crippen LogP contribution >= 0.6 is 11.6 Å². The number of aliphatic carboxylic acids is 1. The molecule has 6 heteroatoms.